The number of hydrogen-bond donors (Lipinski definition) is 1. The highest BCUT2D eigenvalue weighted by Crippen LogP contribution is 2.32. The normalized spacial score (nSPS) is 12.4. The van der Waals surface area contributed by atoms with Gasteiger partial charge in [-0.3, -0.25) is 4.57 Å². The first-order valence-electron chi connectivity index (χ1n) is 13.5. The fraction of sp³-hybridized carbons (Fsp3) is 0.333. The third kappa shape index (κ3) is 6.31. The van der Waals surface area contributed by atoms with Gasteiger partial charge in [-0.15, -0.1) is 0 Å². The number of nitrogens with one attached hydrogen (secondary N) is 1. The molecule has 0 aliphatic heterocycles. The first-order chi connectivity index (χ1) is 20.0. The Morgan fingerprint density at radius 1 is 1.10 bits per heavy atom. The molecule has 0 saturated heterocycles. The van der Waals surface area contributed by atoms with Gasteiger partial charge in [-0.25, -0.2) is 18.8 Å². The lowest BCUT2D eigenvalue weighted by molar-refractivity contribution is -0.137. The number of imidazole rings is 1. The Morgan fingerprint density at radius 3 is 2.43 bits per heavy atom. The molecule has 0 aliphatic rings. The average molecular weight is 580 g/mol. The van der Waals surface area contributed by atoms with Crippen LogP contribution in [0.25, 0.3) is 22.8 Å². The smallest absolute Gasteiger partial charge is 0.334 e. The van der Waals surface area contributed by atoms with Gasteiger partial charge in [0.1, 0.15) is 5.69 Å². The van der Waals surface area contributed by atoms with Gasteiger partial charge >= 0.3 is 17.9 Å². The molecule has 12 heteroatoms. The number of nitrogens with zero attached hydrogens (tertiary/aromatic N) is 6. The van der Waals surface area contributed by atoms with Gasteiger partial charge < -0.3 is 10.2 Å². The van der Waals surface area contributed by atoms with Crippen molar-refractivity contribution in [1.82, 2.24) is 29.1 Å². The SMILES string of the molecule is CCCC(CCN(C)C)NC(=O)n1c(-c2ccnn2-c2ccc(C#N)cc2)c(C)n(-c2cccc(C(F)(F)F)c2)c1=O. The number of amides is 1. The van der Waals surface area contributed by atoms with Crippen LogP contribution in [0.1, 0.15) is 43.0 Å². The fourth-order valence-electron chi connectivity index (χ4n) is 4.88. The molecule has 42 heavy (non-hydrogen) atoms. The van der Waals surface area contributed by atoms with E-state index in [-0.39, 0.29) is 23.1 Å². The molecule has 0 radical (unpaired) electrons. The van der Waals surface area contributed by atoms with Crippen LogP contribution >= 0.6 is 0 Å². The molecule has 0 bridgehead atoms. The second-order valence-electron chi connectivity index (χ2n) is 10.2. The maximum Gasteiger partial charge on any atom is 0.416 e. The Morgan fingerprint density at radius 2 is 1.81 bits per heavy atom. The van der Waals surface area contributed by atoms with Crippen molar-refractivity contribution in [3.8, 4) is 28.8 Å². The third-order valence-electron chi connectivity index (χ3n) is 6.93. The van der Waals surface area contributed by atoms with E-state index in [0.29, 0.717) is 36.3 Å². The maximum absolute atomic E-state index is 14.0. The third-order valence-corrected chi connectivity index (χ3v) is 6.93. The predicted octanol–water partition coefficient (Wildman–Crippen LogP) is 5.37. The highest BCUT2D eigenvalue weighted by Gasteiger charge is 2.32. The van der Waals surface area contributed by atoms with Crippen LogP contribution in [0.4, 0.5) is 18.0 Å². The molecule has 9 nitrogen and oxygen atoms in total. The molecular formula is C30H32F3N7O2. The maximum atomic E-state index is 14.0. The van der Waals surface area contributed by atoms with Crippen LogP contribution in [0.15, 0.2) is 65.6 Å². The number of carbonyl (C=O) groups excluding carboxylic acids is 1. The molecule has 0 aliphatic carbocycles. The minimum absolute atomic E-state index is 0.0257. The number of benzene rings is 2. The lowest BCUT2D eigenvalue weighted by Gasteiger charge is -2.21. The number of alkyl halides is 3. The Hall–Kier alpha value is -4.63. The van der Waals surface area contributed by atoms with E-state index in [1.165, 1.54) is 23.0 Å². The second-order valence-corrected chi connectivity index (χ2v) is 10.2. The lowest BCUT2D eigenvalue weighted by Crippen LogP contribution is -2.43. The largest absolute Gasteiger partial charge is 0.416 e. The summed E-state index contributed by atoms with van der Waals surface area (Å²) in [5.41, 5.74) is 0.0570. The van der Waals surface area contributed by atoms with Crippen molar-refractivity contribution in [3.63, 3.8) is 0 Å². The number of hydrogen-bond acceptors (Lipinski definition) is 5. The molecule has 1 unspecified atom stereocenters. The molecule has 4 rings (SSSR count). The van der Waals surface area contributed by atoms with Gasteiger partial charge in [0.2, 0.25) is 0 Å². The van der Waals surface area contributed by atoms with E-state index in [2.05, 4.69) is 16.5 Å². The average Bonchev–Trinajstić information content (AvgIpc) is 3.53. The van der Waals surface area contributed by atoms with Gasteiger partial charge in [-0.2, -0.15) is 23.5 Å². The molecule has 1 atom stereocenters. The van der Waals surface area contributed by atoms with E-state index in [1.54, 1.807) is 37.3 Å². The van der Waals surface area contributed by atoms with E-state index in [1.807, 2.05) is 25.9 Å². The summed E-state index contributed by atoms with van der Waals surface area (Å²) in [4.78, 5) is 29.8. The molecule has 220 valence electrons. The number of nitriles is 1. The Kier molecular flexibility index (Phi) is 9.02. The highest BCUT2D eigenvalue weighted by molar-refractivity contribution is 5.83. The van der Waals surface area contributed by atoms with Gasteiger partial charge in [0.25, 0.3) is 0 Å². The van der Waals surface area contributed by atoms with Crippen LogP contribution in [0.5, 0.6) is 0 Å². The molecule has 0 fully saturated rings. The second kappa shape index (κ2) is 12.5. The first kappa shape index (κ1) is 30.3. The van der Waals surface area contributed by atoms with E-state index in [0.717, 1.165) is 27.7 Å². The van der Waals surface area contributed by atoms with Crippen molar-refractivity contribution < 1.29 is 18.0 Å². The van der Waals surface area contributed by atoms with Gasteiger partial charge in [0.15, 0.2) is 0 Å². The van der Waals surface area contributed by atoms with Crippen molar-refractivity contribution >= 4 is 6.03 Å². The molecule has 4 aromatic rings. The zero-order valence-corrected chi connectivity index (χ0v) is 23.8. The molecular weight excluding hydrogens is 547 g/mol. The zero-order chi connectivity index (χ0) is 30.6. The van der Waals surface area contributed by atoms with Crippen molar-refractivity contribution in [3.05, 3.63) is 88.1 Å². The summed E-state index contributed by atoms with van der Waals surface area (Å²) in [6, 6.07) is 13.8. The van der Waals surface area contributed by atoms with Crippen LogP contribution < -0.4 is 11.0 Å². The summed E-state index contributed by atoms with van der Waals surface area (Å²) >= 11 is 0. The zero-order valence-electron chi connectivity index (χ0n) is 23.8. The number of rotatable bonds is 9. The molecule has 1 N–H and O–H groups in total. The molecule has 2 heterocycles. The summed E-state index contributed by atoms with van der Waals surface area (Å²) in [7, 11) is 3.85. The minimum atomic E-state index is -4.62. The fourth-order valence-corrected chi connectivity index (χ4v) is 4.88. The summed E-state index contributed by atoms with van der Waals surface area (Å²) < 4.78 is 44.3. The van der Waals surface area contributed by atoms with Crippen LogP contribution in [-0.4, -0.2) is 56.5 Å². The van der Waals surface area contributed by atoms with Gasteiger partial charge in [-0.05, 0) is 88.9 Å². The van der Waals surface area contributed by atoms with Crippen molar-refractivity contribution in [2.75, 3.05) is 20.6 Å². The van der Waals surface area contributed by atoms with Gasteiger partial charge in [-0.1, -0.05) is 19.4 Å². The number of carbonyl (C=O) groups is 1. The molecule has 2 aromatic carbocycles. The predicted molar refractivity (Wildman–Crippen MR) is 153 cm³/mol. The van der Waals surface area contributed by atoms with Crippen LogP contribution in [0.3, 0.4) is 0 Å². The number of halogens is 3. The highest BCUT2D eigenvalue weighted by atomic mass is 19.4. The molecule has 1 amide bonds. The number of aromatic nitrogens is 4. The lowest BCUT2D eigenvalue weighted by atomic mass is 10.1. The molecule has 2 aromatic heterocycles. The van der Waals surface area contributed by atoms with Gasteiger partial charge in [0, 0.05) is 6.04 Å². The standard InChI is InChI=1S/C30H32F3N7O2/c1-5-7-23(15-17-37(3)4)36-28(41)39-27(26-14-16-35-40(26)24-12-10-21(19-34)11-13-24)20(2)38(29(39)42)25-9-6-8-22(18-25)30(31,32)33/h6,8-14,16,18,23H,5,7,15,17H2,1-4H3,(H,36,41). The first-order valence-corrected chi connectivity index (χ1v) is 13.5. The monoisotopic (exact) mass is 579 g/mol. The summed E-state index contributed by atoms with van der Waals surface area (Å²) in [6.45, 7) is 4.28. The molecule has 0 saturated carbocycles. The van der Waals surface area contributed by atoms with Crippen molar-refractivity contribution in [1.29, 1.82) is 5.26 Å². The van der Waals surface area contributed by atoms with Crippen LogP contribution in [0.2, 0.25) is 0 Å². The van der Waals surface area contributed by atoms with Crippen molar-refractivity contribution in [2.45, 2.75) is 45.3 Å². The van der Waals surface area contributed by atoms with E-state index >= 15 is 0 Å². The minimum Gasteiger partial charge on any atom is -0.334 e. The quantitative estimate of drug-likeness (QED) is 0.287. The summed E-state index contributed by atoms with van der Waals surface area (Å²) in [5.74, 6) is 0. The van der Waals surface area contributed by atoms with E-state index in [9.17, 15) is 28.0 Å². The van der Waals surface area contributed by atoms with Crippen LogP contribution in [-0.2, 0) is 6.18 Å². The van der Waals surface area contributed by atoms with Gasteiger partial charge in [0.05, 0.1) is 46.2 Å². The summed E-state index contributed by atoms with van der Waals surface area (Å²) in [6.07, 6.45) is -0.994. The Bertz CT molecular complexity index is 1660. The Balaban J connectivity index is 1.91. The van der Waals surface area contributed by atoms with Crippen molar-refractivity contribution in [2.24, 2.45) is 0 Å². The van der Waals surface area contributed by atoms with E-state index in [4.69, 9.17) is 0 Å². The summed E-state index contributed by atoms with van der Waals surface area (Å²) in [5, 5.41) is 16.5. The molecule has 0 spiro atoms. The van der Waals surface area contributed by atoms with Crippen LogP contribution in [0, 0.1) is 18.3 Å². The van der Waals surface area contributed by atoms with E-state index < -0.39 is 23.5 Å². The Labute approximate surface area is 241 Å². The topological polar surface area (TPSA) is 101 Å².